The molecule has 0 bridgehead atoms. The predicted molar refractivity (Wildman–Crippen MR) is 106 cm³/mol. The number of benzene rings is 2. The van der Waals surface area contributed by atoms with Crippen LogP contribution in [0.3, 0.4) is 0 Å². The number of sulfonamides is 1. The fourth-order valence-electron chi connectivity index (χ4n) is 3.28. The monoisotopic (exact) mass is 405 g/mol. The van der Waals surface area contributed by atoms with Crippen molar-refractivity contribution in [2.45, 2.75) is 19.4 Å². The number of carbonyl (C=O) groups is 1. The molecule has 0 spiro atoms. The zero-order valence-corrected chi connectivity index (χ0v) is 16.9. The molecular weight excluding hydrogens is 382 g/mol. The first-order chi connectivity index (χ1) is 13.3. The maximum Gasteiger partial charge on any atom is 0.338 e. The number of carbonyl (C=O) groups excluding carboxylic acids is 1. The summed E-state index contributed by atoms with van der Waals surface area (Å²) in [5, 5.41) is 0. The Morgan fingerprint density at radius 2 is 1.79 bits per heavy atom. The topological polar surface area (TPSA) is 82.1 Å². The number of fused-ring (bicyclic) bond motifs is 1. The van der Waals surface area contributed by atoms with Crippen LogP contribution in [0.2, 0.25) is 0 Å². The maximum atomic E-state index is 12.3. The van der Waals surface area contributed by atoms with Gasteiger partial charge in [0.15, 0.2) is 0 Å². The highest BCUT2D eigenvalue weighted by atomic mass is 32.2. The van der Waals surface area contributed by atoms with Gasteiger partial charge in [-0.1, -0.05) is 0 Å². The van der Waals surface area contributed by atoms with Gasteiger partial charge >= 0.3 is 5.97 Å². The lowest BCUT2D eigenvalue weighted by molar-refractivity contribution is 0.0450. The minimum atomic E-state index is -3.35. The number of hydrogen-bond donors (Lipinski definition) is 0. The van der Waals surface area contributed by atoms with Crippen molar-refractivity contribution >= 4 is 21.7 Å². The summed E-state index contributed by atoms with van der Waals surface area (Å²) in [4.78, 5) is 12.3. The summed E-state index contributed by atoms with van der Waals surface area (Å²) >= 11 is 0. The quantitative estimate of drug-likeness (QED) is 0.520. The number of hydrogen-bond acceptors (Lipinski definition) is 6. The molecule has 0 aromatic heterocycles. The van der Waals surface area contributed by atoms with Gasteiger partial charge in [0.2, 0.25) is 10.0 Å². The molecule has 1 aliphatic rings. The first-order valence-electron chi connectivity index (χ1n) is 8.86. The van der Waals surface area contributed by atoms with E-state index in [1.54, 1.807) is 49.6 Å². The van der Waals surface area contributed by atoms with E-state index in [2.05, 4.69) is 0 Å². The molecule has 0 saturated heterocycles. The van der Waals surface area contributed by atoms with Gasteiger partial charge in [0.25, 0.3) is 0 Å². The molecule has 0 fully saturated rings. The third kappa shape index (κ3) is 4.39. The van der Waals surface area contributed by atoms with Crippen LogP contribution < -0.4 is 13.8 Å². The van der Waals surface area contributed by atoms with Crippen molar-refractivity contribution in [2.24, 2.45) is 0 Å². The van der Waals surface area contributed by atoms with Gasteiger partial charge in [0.1, 0.15) is 24.7 Å². The van der Waals surface area contributed by atoms with Gasteiger partial charge in [0.05, 0.1) is 24.6 Å². The summed E-state index contributed by atoms with van der Waals surface area (Å²) < 4.78 is 41.2. The van der Waals surface area contributed by atoms with Gasteiger partial charge in [0, 0.05) is 6.04 Å². The number of esters is 1. The van der Waals surface area contributed by atoms with Crippen LogP contribution in [0.25, 0.3) is 0 Å². The van der Waals surface area contributed by atoms with Crippen molar-refractivity contribution < 1.29 is 27.4 Å². The average molecular weight is 405 g/mol. The number of nitrogens with zero attached hydrogens (tertiary/aromatic N) is 1. The van der Waals surface area contributed by atoms with E-state index in [9.17, 15) is 13.2 Å². The summed E-state index contributed by atoms with van der Waals surface area (Å²) in [5.41, 5.74) is 1.84. The van der Waals surface area contributed by atoms with Gasteiger partial charge in [-0.15, -0.1) is 0 Å². The van der Waals surface area contributed by atoms with Gasteiger partial charge in [-0.3, -0.25) is 4.31 Å². The molecule has 0 saturated carbocycles. The Hall–Kier alpha value is -2.74. The second-order valence-electron chi connectivity index (χ2n) is 6.62. The molecule has 1 heterocycles. The maximum absolute atomic E-state index is 12.3. The van der Waals surface area contributed by atoms with Gasteiger partial charge < -0.3 is 14.2 Å². The fraction of sp³-hybridized carbons (Fsp3) is 0.350. The molecule has 0 unspecified atom stereocenters. The van der Waals surface area contributed by atoms with Crippen LogP contribution in [0.5, 0.6) is 11.5 Å². The number of anilines is 1. The van der Waals surface area contributed by atoms with E-state index in [1.165, 1.54) is 10.6 Å². The van der Waals surface area contributed by atoms with Crippen molar-refractivity contribution in [3.63, 3.8) is 0 Å². The van der Waals surface area contributed by atoms with Gasteiger partial charge in [-0.05, 0) is 61.4 Å². The number of rotatable bonds is 7. The third-order valence-corrected chi connectivity index (χ3v) is 5.74. The molecule has 0 aliphatic carbocycles. The van der Waals surface area contributed by atoms with Gasteiger partial charge in [-0.25, -0.2) is 13.2 Å². The van der Waals surface area contributed by atoms with Crippen LogP contribution in [0.15, 0.2) is 42.5 Å². The Balaban J connectivity index is 1.56. The molecule has 0 amide bonds. The first-order valence-corrected chi connectivity index (χ1v) is 10.7. The van der Waals surface area contributed by atoms with Crippen LogP contribution in [-0.2, 0) is 21.2 Å². The molecule has 7 nitrogen and oxygen atoms in total. The van der Waals surface area contributed by atoms with Gasteiger partial charge in [-0.2, -0.15) is 0 Å². The highest BCUT2D eigenvalue weighted by Crippen LogP contribution is 2.34. The van der Waals surface area contributed by atoms with E-state index in [-0.39, 0.29) is 19.3 Å². The summed E-state index contributed by atoms with van der Waals surface area (Å²) in [7, 11) is -1.76. The van der Waals surface area contributed by atoms with Crippen molar-refractivity contribution in [3.8, 4) is 11.5 Å². The summed E-state index contributed by atoms with van der Waals surface area (Å²) in [5.74, 6) is 0.926. The van der Waals surface area contributed by atoms with Crippen LogP contribution >= 0.6 is 0 Å². The summed E-state index contributed by atoms with van der Waals surface area (Å²) in [6.45, 7) is 2.17. The van der Waals surface area contributed by atoms with E-state index in [1.807, 2.05) is 6.92 Å². The molecule has 3 rings (SSSR count). The molecule has 1 aliphatic heterocycles. The second-order valence-corrected chi connectivity index (χ2v) is 8.47. The zero-order chi connectivity index (χ0) is 20.3. The number of methoxy groups -OCH3 is 1. The predicted octanol–water partition coefficient (Wildman–Crippen LogP) is 2.64. The molecule has 0 radical (unpaired) electrons. The number of ether oxygens (including phenoxy) is 3. The van der Waals surface area contributed by atoms with Crippen LogP contribution in [-0.4, -0.2) is 47.0 Å². The molecule has 2 aromatic rings. The van der Waals surface area contributed by atoms with Crippen molar-refractivity contribution in [1.82, 2.24) is 0 Å². The highest BCUT2D eigenvalue weighted by Gasteiger charge is 2.32. The smallest absolute Gasteiger partial charge is 0.338 e. The van der Waals surface area contributed by atoms with E-state index in [0.29, 0.717) is 23.4 Å². The normalized spacial score (nSPS) is 15.8. The molecule has 2 aromatic carbocycles. The van der Waals surface area contributed by atoms with Crippen molar-refractivity contribution in [3.05, 3.63) is 53.6 Å². The Kier molecular flexibility index (Phi) is 5.79. The Labute approximate surface area is 164 Å². The average Bonchev–Trinajstić information content (AvgIpc) is 3.00. The standard InChI is InChI=1S/C20H23NO6S/c1-14-12-16-13-15(4-9-19(16)21(14)28(3,23)24)20(22)27-11-10-26-18-7-5-17(25-2)6-8-18/h4-9,13-14H,10-12H2,1-3H3/t14-/m1/s1. The lowest BCUT2D eigenvalue weighted by atomic mass is 10.1. The van der Waals surface area contributed by atoms with Crippen molar-refractivity contribution in [2.75, 3.05) is 30.9 Å². The Bertz CT molecular complexity index is 955. The molecule has 0 N–H and O–H groups in total. The second kappa shape index (κ2) is 8.10. The van der Waals surface area contributed by atoms with Crippen LogP contribution in [0, 0.1) is 0 Å². The largest absolute Gasteiger partial charge is 0.497 e. The summed E-state index contributed by atoms with van der Waals surface area (Å²) in [6, 6.07) is 11.9. The highest BCUT2D eigenvalue weighted by molar-refractivity contribution is 7.92. The molecule has 1 atom stereocenters. The van der Waals surface area contributed by atoms with Crippen LogP contribution in [0.4, 0.5) is 5.69 Å². The first kappa shape index (κ1) is 20.0. The third-order valence-electron chi connectivity index (χ3n) is 4.47. The van der Waals surface area contributed by atoms with E-state index >= 15 is 0 Å². The molecule has 150 valence electrons. The SMILES string of the molecule is COc1ccc(OCCOC(=O)c2ccc3c(c2)C[C@@H](C)N3S(C)(=O)=O)cc1. The van der Waals surface area contributed by atoms with Crippen LogP contribution in [0.1, 0.15) is 22.8 Å². The van der Waals surface area contributed by atoms with E-state index < -0.39 is 16.0 Å². The van der Waals surface area contributed by atoms with E-state index in [4.69, 9.17) is 14.2 Å². The molecular formula is C20H23NO6S. The molecule has 28 heavy (non-hydrogen) atoms. The minimum Gasteiger partial charge on any atom is -0.497 e. The van der Waals surface area contributed by atoms with Crippen molar-refractivity contribution in [1.29, 1.82) is 0 Å². The minimum absolute atomic E-state index is 0.105. The summed E-state index contributed by atoms with van der Waals surface area (Å²) in [6.07, 6.45) is 1.74. The Morgan fingerprint density at radius 3 is 2.43 bits per heavy atom. The lowest BCUT2D eigenvalue weighted by Crippen LogP contribution is -2.34. The fourth-order valence-corrected chi connectivity index (χ4v) is 4.55. The van der Waals surface area contributed by atoms with E-state index in [0.717, 1.165) is 11.3 Å². The Morgan fingerprint density at radius 1 is 1.11 bits per heavy atom. The molecule has 8 heteroatoms. The zero-order valence-electron chi connectivity index (χ0n) is 16.0. The lowest BCUT2D eigenvalue weighted by Gasteiger charge is -2.21.